The second-order valence-electron chi connectivity index (χ2n) is 4.01. The van der Waals surface area contributed by atoms with Gasteiger partial charge in [-0.15, -0.1) is 0 Å². The number of anilines is 1. The van der Waals surface area contributed by atoms with E-state index in [0.717, 1.165) is 10.0 Å². The Hall–Kier alpha value is -1.53. The van der Waals surface area contributed by atoms with E-state index in [9.17, 15) is 13.5 Å². The molecule has 4 nitrogen and oxygen atoms in total. The lowest BCUT2D eigenvalue weighted by Crippen LogP contribution is -2.13. The Balaban J connectivity index is 2.36. The van der Waals surface area contributed by atoms with E-state index >= 15 is 0 Å². The van der Waals surface area contributed by atoms with E-state index in [-0.39, 0.29) is 10.6 Å². The molecular formula is C13H12BrNO3S. The van der Waals surface area contributed by atoms with Gasteiger partial charge in [-0.1, -0.05) is 22.0 Å². The molecule has 19 heavy (non-hydrogen) atoms. The molecule has 0 spiro atoms. The van der Waals surface area contributed by atoms with Gasteiger partial charge in [-0.3, -0.25) is 4.72 Å². The Labute approximate surface area is 120 Å². The van der Waals surface area contributed by atoms with Gasteiger partial charge in [0.05, 0.1) is 10.6 Å². The van der Waals surface area contributed by atoms with Gasteiger partial charge in [0.15, 0.2) is 0 Å². The number of sulfonamides is 1. The van der Waals surface area contributed by atoms with Crippen molar-refractivity contribution in [2.75, 3.05) is 4.72 Å². The first-order valence-corrected chi connectivity index (χ1v) is 7.75. The molecule has 100 valence electrons. The summed E-state index contributed by atoms with van der Waals surface area (Å²) >= 11 is 3.35. The van der Waals surface area contributed by atoms with E-state index < -0.39 is 10.0 Å². The van der Waals surface area contributed by atoms with Crippen LogP contribution in [-0.4, -0.2) is 13.5 Å². The standard InChI is InChI=1S/C13H12BrNO3S/c1-9-12(14)3-2-4-13(9)15-19(17,18)11-7-5-10(16)6-8-11/h2-8,15-16H,1H3. The number of rotatable bonds is 3. The Kier molecular flexibility index (Phi) is 3.82. The number of hydrogen-bond acceptors (Lipinski definition) is 3. The fourth-order valence-corrected chi connectivity index (χ4v) is 3.04. The summed E-state index contributed by atoms with van der Waals surface area (Å²) in [5.74, 6) is 0.0255. The Morgan fingerprint density at radius 1 is 1.11 bits per heavy atom. The van der Waals surface area contributed by atoms with Gasteiger partial charge in [0.25, 0.3) is 10.0 Å². The van der Waals surface area contributed by atoms with Crippen molar-refractivity contribution in [3.05, 3.63) is 52.5 Å². The van der Waals surface area contributed by atoms with Gasteiger partial charge >= 0.3 is 0 Å². The molecule has 0 saturated carbocycles. The fourth-order valence-electron chi connectivity index (χ4n) is 1.55. The zero-order valence-corrected chi connectivity index (χ0v) is 12.5. The van der Waals surface area contributed by atoms with E-state index in [1.165, 1.54) is 24.3 Å². The number of hydrogen-bond donors (Lipinski definition) is 2. The molecule has 0 unspecified atom stereocenters. The highest BCUT2D eigenvalue weighted by Crippen LogP contribution is 2.26. The van der Waals surface area contributed by atoms with Crippen LogP contribution in [0.25, 0.3) is 0 Å². The van der Waals surface area contributed by atoms with Gasteiger partial charge in [0, 0.05) is 4.47 Å². The van der Waals surface area contributed by atoms with E-state index in [4.69, 9.17) is 0 Å². The zero-order valence-electron chi connectivity index (χ0n) is 10.1. The van der Waals surface area contributed by atoms with Crippen LogP contribution in [0, 0.1) is 6.92 Å². The van der Waals surface area contributed by atoms with Gasteiger partial charge in [0.2, 0.25) is 0 Å². The predicted molar refractivity (Wildman–Crippen MR) is 77.8 cm³/mol. The van der Waals surface area contributed by atoms with Gasteiger partial charge < -0.3 is 5.11 Å². The molecule has 2 aromatic rings. The van der Waals surface area contributed by atoms with E-state index in [1.807, 2.05) is 13.0 Å². The first-order valence-electron chi connectivity index (χ1n) is 5.47. The molecule has 0 heterocycles. The van der Waals surface area contributed by atoms with Gasteiger partial charge in [0.1, 0.15) is 5.75 Å². The molecule has 2 rings (SSSR count). The van der Waals surface area contributed by atoms with Crippen LogP contribution in [0.1, 0.15) is 5.56 Å². The number of nitrogens with one attached hydrogen (secondary N) is 1. The van der Waals surface area contributed by atoms with E-state index in [2.05, 4.69) is 20.7 Å². The second-order valence-corrected chi connectivity index (χ2v) is 6.55. The van der Waals surface area contributed by atoms with Crippen LogP contribution in [0.4, 0.5) is 5.69 Å². The Morgan fingerprint density at radius 3 is 2.37 bits per heavy atom. The lowest BCUT2D eigenvalue weighted by molar-refractivity contribution is 0.475. The Bertz CT molecular complexity index is 696. The monoisotopic (exact) mass is 341 g/mol. The van der Waals surface area contributed by atoms with Crippen molar-refractivity contribution in [3.63, 3.8) is 0 Å². The molecule has 0 aliphatic carbocycles. The van der Waals surface area contributed by atoms with Crippen LogP contribution >= 0.6 is 15.9 Å². The van der Waals surface area contributed by atoms with Gasteiger partial charge in [-0.05, 0) is 48.9 Å². The molecule has 2 aromatic carbocycles. The fraction of sp³-hybridized carbons (Fsp3) is 0.0769. The van der Waals surface area contributed by atoms with Crippen LogP contribution < -0.4 is 4.72 Å². The van der Waals surface area contributed by atoms with Gasteiger partial charge in [-0.25, -0.2) is 8.42 Å². The van der Waals surface area contributed by atoms with E-state index in [1.54, 1.807) is 12.1 Å². The minimum Gasteiger partial charge on any atom is -0.508 e. The highest BCUT2D eigenvalue weighted by Gasteiger charge is 2.15. The molecule has 0 aliphatic rings. The molecule has 0 saturated heterocycles. The van der Waals surface area contributed by atoms with E-state index in [0.29, 0.717) is 5.69 Å². The maximum absolute atomic E-state index is 12.2. The lowest BCUT2D eigenvalue weighted by atomic mass is 10.2. The minimum atomic E-state index is -3.65. The lowest BCUT2D eigenvalue weighted by Gasteiger charge is -2.11. The van der Waals surface area contributed by atoms with Crippen molar-refractivity contribution in [1.29, 1.82) is 0 Å². The largest absolute Gasteiger partial charge is 0.508 e. The summed E-state index contributed by atoms with van der Waals surface area (Å²) in [6.45, 7) is 1.82. The van der Waals surface area contributed by atoms with Gasteiger partial charge in [-0.2, -0.15) is 0 Å². The van der Waals surface area contributed by atoms with Crippen molar-refractivity contribution in [2.24, 2.45) is 0 Å². The SMILES string of the molecule is Cc1c(Br)cccc1NS(=O)(=O)c1ccc(O)cc1. The van der Waals surface area contributed by atoms with Crippen LogP contribution in [0.2, 0.25) is 0 Å². The molecule has 0 radical (unpaired) electrons. The average molecular weight is 342 g/mol. The molecule has 2 N–H and O–H groups in total. The zero-order chi connectivity index (χ0) is 14.0. The van der Waals surface area contributed by atoms with Crippen LogP contribution in [-0.2, 0) is 10.0 Å². The third-order valence-electron chi connectivity index (χ3n) is 2.66. The summed E-state index contributed by atoms with van der Waals surface area (Å²) in [6.07, 6.45) is 0. The summed E-state index contributed by atoms with van der Waals surface area (Å²) in [5, 5.41) is 9.17. The smallest absolute Gasteiger partial charge is 0.261 e. The summed E-state index contributed by atoms with van der Waals surface area (Å²) in [7, 11) is -3.65. The minimum absolute atomic E-state index is 0.0255. The quantitative estimate of drug-likeness (QED) is 0.900. The van der Waals surface area contributed by atoms with Crippen LogP contribution in [0.15, 0.2) is 51.8 Å². The molecule has 0 amide bonds. The number of phenolic OH excluding ortho intramolecular Hbond substituents is 1. The van der Waals surface area contributed by atoms with Crippen molar-refractivity contribution < 1.29 is 13.5 Å². The number of aromatic hydroxyl groups is 1. The molecule has 0 aromatic heterocycles. The molecule has 0 fully saturated rings. The summed E-state index contributed by atoms with van der Waals surface area (Å²) in [6, 6.07) is 10.7. The molecule has 0 atom stereocenters. The predicted octanol–water partition coefficient (Wildman–Crippen LogP) is 3.26. The highest BCUT2D eigenvalue weighted by atomic mass is 79.9. The topological polar surface area (TPSA) is 66.4 Å². The summed E-state index contributed by atoms with van der Waals surface area (Å²) in [4.78, 5) is 0.102. The maximum Gasteiger partial charge on any atom is 0.261 e. The highest BCUT2D eigenvalue weighted by molar-refractivity contribution is 9.10. The maximum atomic E-state index is 12.2. The summed E-state index contributed by atoms with van der Waals surface area (Å²) < 4.78 is 27.7. The third kappa shape index (κ3) is 3.08. The second kappa shape index (κ2) is 5.22. The first-order chi connectivity index (χ1) is 8.90. The molecule has 6 heteroatoms. The third-order valence-corrected chi connectivity index (χ3v) is 4.90. The first kappa shape index (κ1) is 13.9. The normalized spacial score (nSPS) is 11.3. The average Bonchev–Trinajstić information content (AvgIpc) is 2.35. The van der Waals surface area contributed by atoms with Crippen molar-refractivity contribution in [2.45, 2.75) is 11.8 Å². The van der Waals surface area contributed by atoms with Crippen LogP contribution in [0.5, 0.6) is 5.75 Å². The summed E-state index contributed by atoms with van der Waals surface area (Å²) in [5.41, 5.74) is 1.33. The molecule has 0 bridgehead atoms. The van der Waals surface area contributed by atoms with Crippen molar-refractivity contribution in [3.8, 4) is 5.75 Å². The van der Waals surface area contributed by atoms with Crippen molar-refractivity contribution >= 4 is 31.6 Å². The number of halogens is 1. The van der Waals surface area contributed by atoms with Crippen LogP contribution in [0.3, 0.4) is 0 Å². The number of benzene rings is 2. The molecule has 0 aliphatic heterocycles. The van der Waals surface area contributed by atoms with Crippen molar-refractivity contribution in [1.82, 2.24) is 0 Å². The Morgan fingerprint density at radius 2 is 1.74 bits per heavy atom. The molecular weight excluding hydrogens is 330 g/mol. The number of phenols is 1.